The number of methoxy groups -OCH3 is 1. The van der Waals surface area contributed by atoms with E-state index in [1.807, 2.05) is 7.11 Å². The Morgan fingerprint density at radius 3 is 2.74 bits per heavy atom. The van der Waals surface area contributed by atoms with Gasteiger partial charge >= 0.3 is 0 Å². The van der Waals surface area contributed by atoms with Crippen molar-refractivity contribution in [1.82, 2.24) is 10.2 Å². The summed E-state index contributed by atoms with van der Waals surface area (Å²) in [5.74, 6) is 1.69. The third kappa shape index (κ3) is 3.93. The summed E-state index contributed by atoms with van der Waals surface area (Å²) in [5, 5.41) is 3.57. The molecule has 0 bridgehead atoms. The number of hydrogen-bond donors (Lipinski definition) is 1. The van der Waals surface area contributed by atoms with Gasteiger partial charge in [0, 0.05) is 25.7 Å². The summed E-state index contributed by atoms with van der Waals surface area (Å²) < 4.78 is 5.37. The van der Waals surface area contributed by atoms with Crippen LogP contribution in [-0.2, 0) is 4.74 Å². The minimum Gasteiger partial charge on any atom is -0.384 e. The predicted octanol–water partition coefficient (Wildman–Crippen LogP) is 2.51. The van der Waals surface area contributed by atoms with Gasteiger partial charge < -0.3 is 10.1 Å². The van der Waals surface area contributed by atoms with E-state index < -0.39 is 0 Å². The molecule has 0 amide bonds. The maximum Gasteiger partial charge on any atom is 0.0502 e. The number of rotatable bonds is 5. The molecule has 0 aromatic rings. The van der Waals surface area contributed by atoms with Gasteiger partial charge in [-0.25, -0.2) is 0 Å². The Kier molecular flexibility index (Phi) is 6.11. The Morgan fingerprint density at radius 2 is 2.05 bits per heavy atom. The van der Waals surface area contributed by atoms with Gasteiger partial charge in [-0.3, -0.25) is 4.90 Å². The molecule has 112 valence electrons. The molecular weight excluding hydrogens is 236 g/mol. The fourth-order valence-corrected chi connectivity index (χ4v) is 4.11. The molecule has 1 saturated heterocycles. The van der Waals surface area contributed by atoms with Crippen molar-refractivity contribution in [2.75, 3.05) is 33.9 Å². The zero-order valence-electron chi connectivity index (χ0n) is 13.0. The van der Waals surface area contributed by atoms with Crippen molar-refractivity contribution in [3.05, 3.63) is 0 Å². The number of nitrogens with zero attached hydrogens (tertiary/aromatic N) is 1. The normalized spacial score (nSPS) is 37.4. The summed E-state index contributed by atoms with van der Waals surface area (Å²) in [5.41, 5.74) is 0. The maximum atomic E-state index is 5.37. The Labute approximate surface area is 119 Å². The second kappa shape index (κ2) is 7.61. The molecule has 1 saturated carbocycles. The summed E-state index contributed by atoms with van der Waals surface area (Å²) in [7, 11) is 3.98. The van der Waals surface area contributed by atoms with Gasteiger partial charge in [0.05, 0.1) is 6.61 Å². The number of hydrogen-bond acceptors (Lipinski definition) is 3. The number of nitrogens with one attached hydrogen (secondary N) is 1. The second-order valence-corrected chi connectivity index (χ2v) is 6.51. The topological polar surface area (TPSA) is 24.5 Å². The van der Waals surface area contributed by atoms with E-state index in [9.17, 15) is 0 Å². The molecule has 19 heavy (non-hydrogen) atoms. The monoisotopic (exact) mass is 268 g/mol. The maximum absolute atomic E-state index is 5.37. The van der Waals surface area contributed by atoms with Crippen LogP contribution in [0.15, 0.2) is 0 Å². The van der Waals surface area contributed by atoms with Crippen molar-refractivity contribution in [1.29, 1.82) is 0 Å². The third-order valence-corrected chi connectivity index (χ3v) is 5.30. The van der Waals surface area contributed by atoms with Gasteiger partial charge in [-0.1, -0.05) is 13.3 Å². The Balaban J connectivity index is 1.95. The quantitative estimate of drug-likeness (QED) is 0.829. The molecule has 3 heteroatoms. The van der Waals surface area contributed by atoms with Crippen molar-refractivity contribution >= 4 is 0 Å². The van der Waals surface area contributed by atoms with E-state index in [0.717, 1.165) is 24.5 Å². The molecule has 4 atom stereocenters. The molecule has 1 heterocycles. The molecular formula is C16H32N2O. The zero-order valence-corrected chi connectivity index (χ0v) is 13.0. The summed E-state index contributed by atoms with van der Waals surface area (Å²) >= 11 is 0. The van der Waals surface area contributed by atoms with E-state index in [1.54, 1.807) is 0 Å². The van der Waals surface area contributed by atoms with E-state index in [0.29, 0.717) is 6.04 Å². The number of piperidine rings is 1. The highest BCUT2D eigenvalue weighted by molar-refractivity contribution is 4.92. The fourth-order valence-electron chi connectivity index (χ4n) is 4.11. The van der Waals surface area contributed by atoms with Gasteiger partial charge in [0.1, 0.15) is 0 Å². The molecule has 2 rings (SSSR count). The van der Waals surface area contributed by atoms with Crippen LogP contribution in [0.1, 0.15) is 45.4 Å². The van der Waals surface area contributed by atoms with Crippen molar-refractivity contribution < 1.29 is 4.74 Å². The smallest absolute Gasteiger partial charge is 0.0502 e. The highest BCUT2D eigenvalue weighted by Crippen LogP contribution is 2.32. The van der Waals surface area contributed by atoms with Crippen molar-refractivity contribution in [3.8, 4) is 0 Å². The van der Waals surface area contributed by atoms with Crippen LogP contribution in [0.3, 0.4) is 0 Å². The summed E-state index contributed by atoms with van der Waals surface area (Å²) in [6.45, 7) is 5.82. The van der Waals surface area contributed by atoms with Crippen LogP contribution in [0, 0.1) is 11.8 Å². The van der Waals surface area contributed by atoms with Crippen LogP contribution in [-0.4, -0.2) is 50.8 Å². The minimum atomic E-state index is 0.698. The summed E-state index contributed by atoms with van der Waals surface area (Å²) in [6.07, 6.45) is 8.19. The molecule has 3 nitrogen and oxygen atoms in total. The average Bonchev–Trinajstić information content (AvgIpc) is 2.47. The second-order valence-electron chi connectivity index (χ2n) is 6.51. The average molecular weight is 268 g/mol. The SMILES string of the molecule is CCC1CCC(NC)C(N2CCCC(COC)C2)C1. The molecule has 0 radical (unpaired) electrons. The lowest BCUT2D eigenvalue weighted by molar-refractivity contribution is 0.0347. The van der Waals surface area contributed by atoms with Gasteiger partial charge in [-0.2, -0.15) is 0 Å². The molecule has 1 N–H and O–H groups in total. The van der Waals surface area contributed by atoms with Gasteiger partial charge in [-0.15, -0.1) is 0 Å². The number of ether oxygens (including phenoxy) is 1. The first-order valence-corrected chi connectivity index (χ1v) is 8.18. The fraction of sp³-hybridized carbons (Fsp3) is 1.00. The lowest BCUT2D eigenvalue weighted by Gasteiger charge is -2.45. The lowest BCUT2D eigenvalue weighted by Crippen LogP contribution is -2.55. The molecule has 0 aromatic heterocycles. The van der Waals surface area contributed by atoms with Crippen LogP contribution in [0.4, 0.5) is 0 Å². The molecule has 4 unspecified atom stereocenters. The molecule has 1 aliphatic heterocycles. The number of likely N-dealkylation sites (N-methyl/N-ethyl adjacent to an activating group) is 1. The lowest BCUT2D eigenvalue weighted by atomic mass is 9.79. The van der Waals surface area contributed by atoms with Crippen LogP contribution in [0.2, 0.25) is 0 Å². The minimum absolute atomic E-state index is 0.698. The van der Waals surface area contributed by atoms with Crippen LogP contribution in [0.25, 0.3) is 0 Å². The van der Waals surface area contributed by atoms with E-state index in [1.165, 1.54) is 51.6 Å². The van der Waals surface area contributed by atoms with Crippen LogP contribution in [0.5, 0.6) is 0 Å². The van der Waals surface area contributed by atoms with Crippen molar-refractivity contribution in [2.24, 2.45) is 11.8 Å². The van der Waals surface area contributed by atoms with E-state index in [4.69, 9.17) is 4.74 Å². The van der Waals surface area contributed by atoms with Gasteiger partial charge in [0.15, 0.2) is 0 Å². The molecule has 0 aromatic carbocycles. The first-order valence-electron chi connectivity index (χ1n) is 8.18. The van der Waals surface area contributed by atoms with Crippen molar-refractivity contribution in [2.45, 2.75) is 57.5 Å². The Bertz CT molecular complexity index is 257. The third-order valence-electron chi connectivity index (χ3n) is 5.30. The molecule has 2 fully saturated rings. The molecule has 2 aliphatic rings. The Hall–Kier alpha value is -0.120. The van der Waals surface area contributed by atoms with Gasteiger partial charge in [-0.05, 0) is 57.5 Å². The predicted molar refractivity (Wildman–Crippen MR) is 80.4 cm³/mol. The first kappa shape index (κ1) is 15.3. The van der Waals surface area contributed by atoms with Crippen molar-refractivity contribution in [3.63, 3.8) is 0 Å². The molecule has 0 spiro atoms. The van der Waals surface area contributed by atoms with Gasteiger partial charge in [0.2, 0.25) is 0 Å². The Morgan fingerprint density at radius 1 is 1.21 bits per heavy atom. The number of likely N-dealkylation sites (tertiary alicyclic amines) is 1. The van der Waals surface area contributed by atoms with Crippen LogP contribution < -0.4 is 5.32 Å². The highest BCUT2D eigenvalue weighted by Gasteiger charge is 2.35. The largest absolute Gasteiger partial charge is 0.384 e. The highest BCUT2D eigenvalue weighted by atomic mass is 16.5. The summed E-state index contributed by atoms with van der Waals surface area (Å²) in [4.78, 5) is 2.76. The summed E-state index contributed by atoms with van der Waals surface area (Å²) in [6, 6.07) is 1.45. The molecule has 1 aliphatic carbocycles. The first-order chi connectivity index (χ1) is 9.28. The van der Waals surface area contributed by atoms with E-state index in [-0.39, 0.29) is 0 Å². The van der Waals surface area contributed by atoms with Gasteiger partial charge in [0.25, 0.3) is 0 Å². The van der Waals surface area contributed by atoms with E-state index >= 15 is 0 Å². The zero-order chi connectivity index (χ0) is 13.7. The standard InChI is InChI=1S/C16H32N2O/c1-4-13-7-8-15(17-2)16(10-13)18-9-5-6-14(11-18)12-19-3/h13-17H,4-12H2,1-3H3. The van der Waals surface area contributed by atoms with E-state index in [2.05, 4.69) is 24.2 Å². The van der Waals surface area contributed by atoms with Crippen LogP contribution >= 0.6 is 0 Å².